The average Bonchev–Trinajstić information content (AvgIpc) is 3.78. The molecule has 0 amide bonds. The number of hydrogen-bond donors (Lipinski definition) is 0. The SMILES string of the molecule is c1ccc(-c2ccc(N(c3ccc(-c4ccc5oc6ccccc6c5c4)cc3)c3c(-c4ccccc4)ccc4c3oc3ccccc34)cc2)cc1. The minimum Gasteiger partial charge on any atom is -0.456 e. The summed E-state index contributed by atoms with van der Waals surface area (Å²) in [5.74, 6) is 0. The molecule has 10 rings (SSSR count). The van der Waals surface area contributed by atoms with Crippen molar-refractivity contribution in [2.24, 2.45) is 0 Å². The molecule has 0 fully saturated rings. The molecule has 2 heterocycles. The number of nitrogens with zero attached hydrogens (tertiary/aromatic N) is 1. The van der Waals surface area contributed by atoms with E-state index in [2.05, 4.69) is 175 Å². The third-order valence-corrected chi connectivity index (χ3v) is 9.90. The maximum atomic E-state index is 6.77. The van der Waals surface area contributed by atoms with Crippen LogP contribution in [-0.4, -0.2) is 0 Å². The highest BCUT2D eigenvalue weighted by Gasteiger charge is 2.24. The monoisotopic (exact) mass is 653 g/mol. The van der Waals surface area contributed by atoms with Crippen molar-refractivity contribution in [2.45, 2.75) is 0 Å². The van der Waals surface area contributed by atoms with Crippen molar-refractivity contribution in [2.75, 3.05) is 4.90 Å². The first kappa shape index (κ1) is 29.1. The smallest absolute Gasteiger partial charge is 0.160 e. The van der Waals surface area contributed by atoms with Crippen molar-refractivity contribution < 1.29 is 8.83 Å². The predicted molar refractivity (Wildman–Crippen MR) is 212 cm³/mol. The molecule has 240 valence electrons. The van der Waals surface area contributed by atoms with Gasteiger partial charge in [0.05, 0.1) is 5.69 Å². The molecule has 0 saturated heterocycles. The summed E-state index contributed by atoms with van der Waals surface area (Å²) >= 11 is 0. The molecule has 0 aliphatic rings. The van der Waals surface area contributed by atoms with Crippen LogP contribution in [0, 0.1) is 0 Å². The van der Waals surface area contributed by atoms with Crippen LogP contribution in [0.1, 0.15) is 0 Å². The summed E-state index contributed by atoms with van der Waals surface area (Å²) in [6, 6.07) is 66.2. The molecule has 0 aliphatic heterocycles. The summed E-state index contributed by atoms with van der Waals surface area (Å²) < 4.78 is 12.9. The Morgan fingerprint density at radius 1 is 0.314 bits per heavy atom. The lowest BCUT2D eigenvalue weighted by Gasteiger charge is -2.28. The second kappa shape index (κ2) is 11.9. The molecule has 0 saturated carbocycles. The van der Waals surface area contributed by atoms with Crippen molar-refractivity contribution in [3.05, 3.63) is 188 Å². The molecule has 0 spiro atoms. The molecule has 3 nitrogen and oxygen atoms in total. The van der Waals surface area contributed by atoms with Crippen LogP contribution in [0.25, 0.3) is 77.3 Å². The van der Waals surface area contributed by atoms with E-state index in [1.54, 1.807) is 0 Å². The number of benzene rings is 8. The van der Waals surface area contributed by atoms with Gasteiger partial charge < -0.3 is 13.7 Å². The number of rotatable bonds is 6. The lowest BCUT2D eigenvalue weighted by Crippen LogP contribution is -2.11. The predicted octanol–water partition coefficient (Wildman–Crippen LogP) is 14.0. The molecule has 51 heavy (non-hydrogen) atoms. The van der Waals surface area contributed by atoms with Gasteiger partial charge in [-0.2, -0.15) is 0 Å². The molecule has 0 bridgehead atoms. The Labute approximate surface area is 295 Å². The van der Waals surface area contributed by atoms with Crippen LogP contribution in [0.4, 0.5) is 17.1 Å². The van der Waals surface area contributed by atoms with Crippen LogP contribution in [0.3, 0.4) is 0 Å². The average molecular weight is 654 g/mol. The summed E-state index contributed by atoms with van der Waals surface area (Å²) in [4.78, 5) is 2.35. The van der Waals surface area contributed by atoms with Gasteiger partial charge in [-0.25, -0.2) is 0 Å². The third-order valence-electron chi connectivity index (χ3n) is 9.90. The fourth-order valence-corrected chi connectivity index (χ4v) is 7.40. The zero-order valence-electron chi connectivity index (χ0n) is 27.7. The van der Waals surface area contributed by atoms with E-state index >= 15 is 0 Å². The van der Waals surface area contributed by atoms with Crippen LogP contribution >= 0.6 is 0 Å². The van der Waals surface area contributed by atoms with Crippen LogP contribution in [0.15, 0.2) is 197 Å². The highest BCUT2D eigenvalue weighted by molar-refractivity contribution is 6.14. The Balaban J connectivity index is 1.17. The van der Waals surface area contributed by atoms with Gasteiger partial charge >= 0.3 is 0 Å². The lowest BCUT2D eigenvalue weighted by molar-refractivity contribution is 0.668. The molecule has 3 heteroatoms. The van der Waals surface area contributed by atoms with Gasteiger partial charge in [0.15, 0.2) is 5.58 Å². The Bertz CT molecular complexity index is 2830. The Morgan fingerprint density at radius 3 is 1.47 bits per heavy atom. The van der Waals surface area contributed by atoms with Gasteiger partial charge in [0.1, 0.15) is 16.7 Å². The molecule has 0 N–H and O–H groups in total. The van der Waals surface area contributed by atoms with Gasteiger partial charge in [0.25, 0.3) is 0 Å². The second-order valence-electron chi connectivity index (χ2n) is 12.9. The van der Waals surface area contributed by atoms with E-state index in [4.69, 9.17) is 8.83 Å². The first-order chi connectivity index (χ1) is 25.3. The van der Waals surface area contributed by atoms with Crippen molar-refractivity contribution in [1.82, 2.24) is 0 Å². The minimum absolute atomic E-state index is 0.853. The Kier molecular flexibility index (Phi) is 6.81. The summed E-state index contributed by atoms with van der Waals surface area (Å²) in [5.41, 5.74) is 13.5. The first-order valence-electron chi connectivity index (χ1n) is 17.3. The number of furan rings is 2. The Hall–Kier alpha value is -6.84. The van der Waals surface area contributed by atoms with E-state index in [-0.39, 0.29) is 0 Å². The second-order valence-corrected chi connectivity index (χ2v) is 12.9. The molecule has 0 aliphatic carbocycles. The molecule has 0 radical (unpaired) electrons. The van der Waals surface area contributed by atoms with Crippen LogP contribution in [0.5, 0.6) is 0 Å². The highest BCUT2D eigenvalue weighted by atomic mass is 16.3. The number of para-hydroxylation sites is 2. The maximum absolute atomic E-state index is 6.77. The third kappa shape index (κ3) is 4.98. The number of anilines is 3. The van der Waals surface area contributed by atoms with E-state index in [0.717, 1.165) is 83.2 Å². The quantitative estimate of drug-likeness (QED) is 0.179. The van der Waals surface area contributed by atoms with Crippen molar-refractivity contribution >= 4 is 60.9 Å². The van der Waals surface area contributed by atoms with Gasteiger partial charge in [-0.15, -0.1) is 0 Å². The lowest BCUT2D eigenvalue weighted by atomic mass is 9.98. The number of hydrogen-bond acceptors (Lipinski definition) is 3. The van der Waals surface area contributed by atoms with E-state index in [0.29, 0.717) is 0 Å². The normalized spacial score (nSPS) is 11.5. The van der Waals surface area contributed by atoms with Crippen LogP contribution in [-0.2, 0) is 0 Å². The molecule has 2 aromatic heterocycles. The molecular weight excluding hydrogens is 623 g/mol. The van der Waals surface area contributed by atoms with E-state index in [1.807, 2.05) is 18.2 Å². The zero-order valence-corrected chi connectivity index (χ0v) is 27.7. The van der Waals surface area contributed by atoms with Gasteiger partial charge in [-0.3, -0.25) is 0 Å². The summed E-state index contributed by atoms with van der Waals surface area (Å²) in [6.45, 7) is 0. The van der Waals surface area contributed by atoms with Gasteiger partial charge in [-0.1, -0.05) is 133 Å². The molecular formula is C48H31NO2. The van der Waals surface area contributed by atoms with Crippen LogP contribution < -0.4 is 4.90 Å². The van der Waals surface area contributed by atoms with Gasteiger partial charge in [-0.05, 0) is 82.4 Å². The molecule has 0 atom stereocenters. The fourth-order valence-electron chi connectivity index (χ4n) is 7.40. The fraction of sp³-hybridized carbons (Fsp3) is 0. The number of fused-ring (bicyclic) bond motifs is 6. The van der Waals surface area contributed by atoms with Gasteiger partial charge in [0, 0.05) is 38.5 Å². The summed E-state index contributed by atoms with van der Waals surface area (Å²) in [7, 11) is 0. The van der Waals surface area contributed by atoms with Crippen molar-refractivity contribution in [3.63, 3.8) is 0 Å². The summed E-state index contributed by atoms with van der Waals surface area (Å²) in [5, 5.41) is 4.44. The Morgan fingerprint density at radius 2 is 0.804 bits per heavy atom. The molecule has 0 unspecified atom stereocenters. The van der Waals surface area contributed by atoms with E-state index in [1.165, 1.54) is 11.1 Å². The van der Waals surface area contributed by atoms with Crippen LogP contribution in [0.2, 0.25) is 0 Å². The van der Waals surface area contributed by atoms with E-state index < -0.39 is 0 Å². The minimum atomic E-state index is 0.853. The molecule has 8 aromatic carbocycles. The first-order valence-corrected chi connectivity index (χ1v) is 17.3. The van der Waals surface area contributed by atoms with Gasteiger partial charge in [0.2, 0.25) is 0 Å². The summed E-state index contributed by atoms with van der Waals surface area (Å²) in [6.07, 6.45) is 0. The van der Waals surface area contributed by atoms with Crippen molar-refractivity contribution in [3.8, 4) is 33.4 Å². The maximum Gasteiger partial charge on any atom is 0.160 e. The largest absolute Gasteiger partial charge is 0.456 e. The highest BCUT2D eigenvalue weighted by Crippen LogP contribution is 2.48. The standard InChI is InChI=1S/C48H31NO2/c1-3-11-32(12-4-1)33-19-24-37(25-20-33)49(38-26-21-34(22-27-38)36-23-30-46-43(31-36)41-16-8-9-17-44(41)50-46)47-39(35-13-5-2-6-14-35)28-29-42-40-15-7-10-18-45(40)51-48(42)47/h1-31H. The molecule has 10 aromatic rings. The zero-order chi connectivity index (χ0) is 33.7. The van der Waals surface area contributed by atoms with E-state index in [9.17, 15) is 0 Å². The topological polar surface area (TPSA) is 29.5 Å². The van der Waals surface area contributed by atoms with Crippen molar-refractivity contribution in [1.29, 1.82) is 0 Å².